The minimum atomic E-state index is -1.26. The molecule has 1 aromatic carbocycles. The molecule has 8 heteroatoms. The first-order valence-corrected chi connectivity index (χ1v) is 9.87. The Morgan fingerprint density at radius 2 is 1.69 bits per heavy atom. The molecular formula is C21H26ClNO6. The summed E-state index contributed by atoms with van der Waals surface area (Å²) in [5.74, 6) is -2.91. The van der Waals surface area contributed by atoms with Crippen LogP contribution in [0.3, 0.4) is 0 Å². The van der Waals surface area contributed by atoms with Gasteiger partial charge in [-0.2, -0.15) is 0 Å². The highest BCUT2D eigenvalue weighted by Crippen LogP contribution is 2.36. The van der Waals surface area contributed by atoms with E-state index in [9.17, 15) is 14.4 Å². The van der Waals surface area contributed by atoms with E-state index in [4.69, 9.17) is 26.6 Å². The Bertz CT molecular complexity index is 750. The third-order valence-electron chi connectivity index (χ3n) is 5.41. The van der Waals surface area contributed by atoms with Crippen molar-refractivity contribution in [3.8, 4) is 0 Å². The fourth-order valence-corrected chi connectivity index (χ4v) is 3.98. The fraction of sp³-hybridized carbons (Fsp3) is 0.476. The van der Waals surface area contributed by atoms with Gasteiger partial charge >= 0.3 is 17.9 Å². The Hall–Kier alpha value is -2.38. The number of aliphatic carboxylic acids is 2. The largest absolute Gasteiger partial charge is 0.478 e. The number of rotatable bonds is 5. The van der Waals surface area contributed by atoms with Crippen molar-refractivity contribution in [1.29, 1.82) is 0 Å². The van der Waals surface area contributed by atoms with E-state index in [0.29, 0.717) is 29.3 Å². The fourth-order valence-electron chi connectivity index (χ4n) is 3.78. The molecule has 3 rings (SSSR count). The molecular weight excluding hydrogens is 398 g/mol. The number of carboxylic acids is 2. The van der Waals surface area contributed by atoms with E-state index in [2.05, 4.69) is 11.9 Å². The van der Waals surface area contributed by atoms with Crippen molar-refractivity contribution in [3.05, 3.63) is 47.0 Å². The smallest absolute Gasteiger partial charge is 0.328 e. The van der Waals surface area contributed by atoms with Crippen LogP contribution in [0.1, 0.15) is 44.1 Å². The zero-order valence-corrected chi connectivity index (χ0v) is 17.2. The number of nitrogens with zero attached hydrogens (tertiary/aromatic N) is 1. The van der Waals surface area contributed by atoms with Gasteiger partial charge in [0, 0.05) is 29.3 Å². The number of carbonyl (C=O) groups is 3. The van der Waals surface area contributed by atoms with Gasteiger partial charge in [0.1, 0.15) is 6.10 Å². The molecule has 2 heterocycles. The molecule has 29 heavy (non-hydrogen) atoms. The van der Waals surface area contributed by atoms with E-state index < -0.39 is 11.9 Å². The molecule has 7 nitrogen and oxygen atoms in total. The van der Waals surface area contributed by atoms with Crippen LogP contribution in [0.2, 0.25) is 5.02 Å². The number of esters is 1. The van der Waals surface area contributed by atoms with Crippen LogP contribution in [-0.2, 0) is 19.1 Å². The Balaban J connectivity index is 0.000000321. The van der Waals surface area contributed by atoms with Crippen LogP contribution >= 0.6 is 11.6 Å². The molecule has 1 aromatic rings. The van der Waals surface area contributed by atoms with Gasteiger partial charge in [-0.1, -0.05) is 23.7 Å². The molecule has 3 atom stereocenters. The Morgan fingerprint density at radius 1 is 1.14 bits per heavy atom. The second kappa shape index (κ2) is 10.4. The van der Waals surface area contributed by atoms with E-state index in [0.717, 1.165) is 18.4 Å². The Labute approximate surface area is 174 Å². The molecule has 2 aliphatic heterocycles. The van der Waals surface area contributed by atoms with Crippen LogP contribution in [0.15, 0.2) is 36.4 Å². The standard InChI is InChI=1S/C17H22ClNO2.C4H4O4/c1-11(12-4-3-5-13(18)8-12)17(20)21-16-9-14-6-7-15(10-16)19(14)2;5-3(6)1-2-4(7)8/h3-5,8,11,14-16H,6-7,9-10H2,1-2H3;1-2H,(H,5,6)(H,7,8)/b;2-1-. The summed E-state index contributed by atoms with van der Waals surface area (Å²) in [5.41, 5.74) is 0.920. The van der Waals surface area contributed by atoms with Crippen molar-refractivity contribution in [2.45, 2.75) is 56.7 Å². The maximum atomic E-state index is 12.4. The van der Waals surface area contributed by atoms with Crippen LogP contribution in [0, 0.1) is 0 Å². The molecule has 2 bridgehead atoms. The maximum absolute atomic E-state index is 12.4. The van der Waals surface area contributed by atoms with E-state index in [-0.39, 0.29) is 18.0 Å². The minimum absolute atomic E-state index is 0.0767. The zero-order chi connectivity index (χ0) is 21.6. The number of piperidine rings is 1. The third kappa shape index (κ3) is 6.87. The Morgan fingerprint density at radius 3 is 2.17 bits per heavy atom. The molecule has 0 aromatic heterocycles. The summed E-state index contributed by atoms with van der Waals surface area (Å²) < 4.78 is 5.77. The van der Waals surface area contributed by atoms with Gasteiger partial charge in [-0.05, 0) is 57.4 Å². The van der Waals surface area contributed by atoms with Gasteiger partial charge in [-0.25, -0.2) is 9.59 Å². The third-order valence-corrected chi connectivity index (χ3v) is 5.64. The first-order valence-electron chi connectivity index (χ1n) is 9.49. The van der Waals surface area contributed by atoms with Gasteiger partial charge in [-0.3, -0.25) is 4.79 Å². The summed E-state index contributed by atoms with van der Waals surface area (Å²) in [5, 5.41) is 16.3. The summed E-state index contributed by atoms with van der Waals surface area (Å²) in [4.78, 5) is 33.9. The topological polar surface area (TPSA) is 104 Å². The van der Waals surface area contributed by atoms with Crippen molar-refractivity contribution in [2.75, 3.05) is 7.05 Å². The number of halogens is 1. The van der Waals surface area contributed by atoms with Crippen LogP contribution < -0.4 is 0 Å². The molecule has 3 unspecified atom stereocenters. The van der Waals surface area contributed by atoms with Crippen molar-refractivity contribution in [1.82, 2.24) is 4.90 Å². The van der Waals surface area contributed by atoms with Crippen LogP contribution in [0.5, 0.6) is 0 Å². The van der Waals surface area contributed by atoms with E-state index >= 15 is 0 Å². The lowest BCUT2D eigenvalue weighted by Gasteiger charge is -2.36. The number of carbonyl (C=O) groups excluding carboxylic acids is 1. The van der Waals surface area contributed by atoms with Gasteiger partial charge in [-0.15, -0.1) is 0 Å². The second-order valence-corrected chi connectivity index (χ2v) is 7.80. The second-order valence-electron chi connectivity index (χ2n) is 7.37. The molecule has 2 aliphatic rings. The average molecular weight is 424 g/mol. The van der Waals surface area contributed by atoms with Gasteiger partial charge in [0.05, 0.1) is 5.92 Å². The van der Waals surface area contributed by atoms with Crippen molar-refractivity contribution in [3.63, 3.8) is 0 Å². The summed E-state index contributed by atoms with van der Waals surface area (Å²) >= 11 is 5.99. The highest BCUT2D eigenvalue weighted by molar-refractivity contribution is 6.30. The summed E-state index contributed by atoms with van der Waals surface area (Å²) in [6.07, 6.45) is 5.61. The first-order chi connectivity index (χ1) is 13.7. The van der Waals surface area contributed by atoms with Crippen molar-refractivity contribution in [2.24, 2.45) is 0 Å². The average Bonchev–Trinajstić information content (AvgIpc) is 2.87. The number of ether oxygens (including phenoxy) is 1. The van der Waals surface area contributed by atoms with Crippen LogP contribution in [0.25, 0.3) is 0 Å². The number of fused-ring (bicyclic) bond motifs is 2. The lowest BCUT2D eigenvalue weighted by atomic mass is 9.99. The lowest BCUT2D eigenvalue weighted by molar-refractivity contribution is -0.153. The number of hydrogen-bond donors (Lipinski definition) is 2. The SMILES string of the molecule is CC(C(=O)OC1CC2CCC(C1)N2C)c1cccc(Cl)c1.O=C(O)/C=C\C(=O)O. The normalized spacial score (nSPS) is 24.4. The molecule has 0 amide bonds. The van der Waals surface area contributed by atoms with Gasteiger partial charge < -0.3 is 19.8 Å². The molecule has 0 saturated carbocycles. The van der Waals surface area contributed by atoms with Gasteiger partial charge in [0.15, 0.2) is 0 Å². The Kier molecular flexibility index (Phi) is 8.22. The highest BCUT2D eigenvalue weighted by Gasteiger charge is 2.40. The maximum Gasteiger partial charge on any atom is 0.328 e. The molecule has 2 fully saturated rings. The number of carboxylic acid groups (broad SMARTS) is 2. The summed E-state index contributed by atoms with van der Waals surface area (Å²) in [6.45, 7) is 1.89. The van der Waals surface area contributed by atoms with Crippen molar-refractivity contribution >= 4 is 29.5 Å². The number of benzene rings is 1. The highest BCUT2D eigenvalue weighted by atomic mass is 35.5. The monoisotopic (exact) mass is 423 g/mol. The predicted octanol–water partition coefficient (Wildman–Crippen LogP) is 3.32. The summed E-state index contributed by atoms with van der Waals surface area (Å²) in [6, 6.07) is 8.63. The first kappa shape index (κ1) is 22.9. The minimum Gasteiger partial charge on any atom is -0.478 e. The quantitative estimate of drug-likeness (QED) is 0.552. The molecule has 2 saturated heterocycles. The number of hydrogen-bond acceptors (Lipinski definition) is 5. The molecule has 158 valence electrons. The lowest BCUT2D eigenvalue weighted by Crippen LogP contribution is -2.43. The van der Waals surface area contributed by atoms with E-state index in [1.54, 1.807) is 0 Å². The van der Waals surface area contributed by atoms with Crippen LogP contribution in [-0.4, -0.2) is 58.3 Å². The summed E-state index contributed by atoms with van der Waals surface area (Å²) in [7, 11) is 2.19. The zero-order valence-electron chi connectivity index (χ0n) is 16.5. The molecule has 0 aliphatic carbocycles. The van der Waals surface area contributed by atoms with E-state index in [1.165, 1.54) is 12.8 Å². The molecule has 0 radical (unpaired) electrons. The molecule has 0 spiro atoms. The van der Waals surface area contributed by atoms with E-state index in [1.807, 2.05) is 31.2 Å². The van der Waals surface area contributed by atoms with Gasteiger partial charge in [0.2, 0.25) is 0 Å². The van der Waals surface area contributed by atoms with Crippen LogP contribution in [0.4, 0.5) is 0 Å². The predicted molar refractivity (Wildman–Crippen MR) is 108 cm³/mol. The van der Waals surface area contributed by atoms with Gasteiger partial charge in [0.25, 0.3) is 0 Å². The molecule has 2 N–H and O–H groups in total. The van der Waals surface area contributed by atoms with Crippen molar-refractivity contribution < 1.29 is 29.3 Å².